The van der Waals surface area contributed by atoms with Crippen molar-refractivity contribution in [2.75, 3.05) is 11.9 Å². The number of aliphatic carboxylic acids is 1. The number of halogens is 2. The predicted molar refractivity (Wildman–Crippen MR) is 82.5 cm³/mol. The Morgan fingerprint density at radius 1 is 1.29 bits per heavy atom. The van der Waals surface area contributed by atoms with Crippen LogP contribution < -0.4 is 10.6 Å². The summed E-state index contributed by atoms with van der Waals surface area (Å²) in [4.78, 5) is 22.1. The van der Waals surface area contributed by atoms with Crippen LogP contribution in [0.1, 0.15) is 12.8 Å². The highest BCUT2D eigenvalue weighted by Crippen LogP contribution is 2.24. The van der Waals surface area contributed by atoms with Crippen LogP contribution in [0.25, 0.3) is 11.3 Å². The van der Waals surface area contributed by atoms with Crippen LogP contribution in [-0.2, 0) is 11.8 Å². The average Bonchev–Trinajstić information content (AvgIpc) is 2.84. The molecule has 1 aromatic carbocycles. The molecule has 2 amide bonds. The highest BCUT2D eigenvalue weighted by atomic mass is 19.1. The summed E-state index contributed by atoms with van der Waals surface area (Å²) < 4.78 is 28.1. The summed E-state index contributed by atoms with van der Waals surface area (Å²) in [7, 11) is 1.56. The minimum Gasteiger partial charge on any atom is -0.481 e. The van der Waals surface area contributed by atoms with E-state index < -0.39 is 23.6 Å². The summed E-state index contributed by atoms with van der Waals surface area (Å²) in [5, 5.41) is 17.6. The van der Waals surface area contributed by atoms with Crippen molar-refractivity contribution in [1.29, 1.82) is 0 Å². The molecule has 0 aliphatic carbocycles. The van der Waals surface area contributed by atoms with Crippen molar-refractivity contribution in [1.82, 2.24) is 15.1 Å². The summed E-state index contributed by atoms with van der Waals surface area (Å²) in [5.41, 5.74) is 0.359. The van der Waals surface area contributed by atoms with Gasteiger partial charge in [0.25, 0.3) is 0 Å². The number of hydrogen-bond acceptors (Lipinski definition) is 3. The third-order valence-corrected chi connectivity index (χ3v) is 3.18. The number of carboxylic acids is 1. The summed E-state index contributed by atoms with van der Waals surface area (Å²) >= 11 is 0. The molecule has 0 saturated carbocycles. The van der Waals surface area contributed by atoms with Gasteiger partial charge in [-0.1, -0.05) is 0 Å². The van der Waals surface area contributed by atoms with E-state index in [-0.39, 0.29) is 24.2 Å². The maximum Gasteiger partial charge on any atom is 0.320 e. The fourth-order valence-corrected chi connectivity index (χ4v) is 2.02. The zero-order valence-corrected chi connectivity index (χ0v) is 12.8. The zero-order chi connectivity index (χ0) is 17.7. The highest BCUT2D eigenvalue weighted by molar-refractivity contribution is 5.89. The molecule has 1 heterocycles. The molecular weight excluding hydrogens is 322 g/mol. The molecular formula is C15H16F2N4O3. The van der Waals surface area contributed by atoms with Gasteiger partial charge in [-0.25, -0.2) is 13.6 Å². The fourth-order valence-electron chi connectivity index (χ4n) is 2.02. The maximum absolute atomic E-state index is 13.8. The number of benzene rings is 1. The molecule has 2 aromatic rings. The van der Waals surface area contributed by atoms with E-state index in [0.29, 0.717) is 12.2 Å². The van der Waals surface area contributed by atoms with E-state index in [0.717, 1.165) is 12.1 Å². The van der Waals surface area contributed by atoms with E-state index in [4.69, 9.17) is 5.11 Å². The van der Waals surface area contributed by atoms with Gasteiger partial charge in [-0.3, -0.25) is 14.8 Å². The molecule has 24 heavy (non-hydrogen) atoms. The third kappa shape index (κ3) is 4.51. The Morgan fingerprint density at radius 2 is 2.04 bits per heavy atom. The molecule has 9 heteroatoms. The Morgan fingerprint density at radius 3 is 2.71 bits per heavy atom. The smallest absolute Gasteiger partial charge is 0.320 e. The van der Waals surface area contributed by atoms with Crippen LogP contribution in [0.15, 0.2) is 24.3 Å². The van der Waals surface area contributed by atoms with Gasteiger partial charge in [-0.2, -0.15) is 5.10 Å². The van der Waals surface area contributed by atoms with Gasteiger partial charge < -0.3 is 10.4 Å². The topological polar surface area (TPSA) is 96.3 Å². The van der Waals surface area contributed by atoms with Gasteiger partial charge in [0.05, 0.1) is 5.69 Å². The Hall–Kier alpha value is -2.97. The van der Waals surface area contributed by atoms with Gasteiger partial charge in [-0.05, 0) is 18.6 Å². The molecule has 1 aromatic heterocycles. The summed E-state index contributed by atoms with van der Waals surface area (Å²) in [6.45, 7) is 0.204. The summed E-state index contributed by atoms with van der Waals surface area (Å²) in [5.74, 6) is -2.07. The lowest BCUT2D eigenvalue weighted by Gasteiger charge is -2.06. The molecule has 0 aliphatic rings. The average molecular weight is 338 g/mol. The lowest BCUT2D eigenvalue weighted by molar-refractivity contribution is -0.137. The number of rotatable bonds is 6. The Balaban J connectivity index is 2.01. The molecule has 2 rings (SSSR count). The van der Waals surface area contributed by atoms with Crippen molar-refractivity contribution >= 4 is 17.8 Å². The van der Waals surface area contributed by atoms with E-state index in [2.05, 4.69) is 15.7 Å². The monoisotopic (exact) mass is 338 g/mol. The van der Waals surface area contributed by atoms with Gasteiger partial charge in [0, 0.05) is 37.7 Å². The SMILES string of the molecule is Cn1nc(-c2ccc(F)cc2F)cc1NC(=O)NCCCC(=O)O. The first kappa shape index (κ1) is 17.4. The Kier molecular flexibility index (Phi) is 5.46. The van der Waals surface area contributed by atoms with Crippen LogP contribution in [0.4, 0.5) is 19.4 Å². The molecule has 7 nitrogen and oxygen atoms in total. The molecule has 0 saturated heterocycles. The number of carboxylic acid groups (broad SMARTS) is 1. The quantitative estimate of drug-likeness (QED) is 0.705. The predicted octanol–water partition coefficient (Wildman–Crippen LogP) is 2.35. The maximum atomic E-state index is 13.8. The first-order valence-corrected chi connectivity index (χ1v) is 7.13. The van der Waals surface area contributed by atoms with Crippen molar-refractivity contribution in [2.45, 2.75) is 12.8 Å². The number of aryl methyl sites for hydroxylation is 1. The number of carbonyl (C=O) groups is 2. The second-order valence-corrected chi connectivity index (χ2v) is 5.04. The second-order valence-electron chi connectivity index (χ2n) is 5.04. The van der Waals surface area contributed by atoms with E-state index in [1.54, 1.807) is 7.05 Å². The molecule has 128 valence electrons. The number of aromatic nitrogens is 2. The largest absolute Gasteiger partial charge is 0.481 e. The van der Waals surface area contributed by atoms with E-state index in [1.807, 2.05) is 0 Å². The van der Waals surface area contributed by atoms with Crippen LogP contribution in [0.5, 0.6) is 0 Å². The summed E-state index contributed by atoms with van der Waals surface area (Å²) in [6.07, 6.45) is 0.264. The van der Waals surface area contributed by atoms with Crippen LogP contribution in [0, 0.1) is 11.6 Å². The molecule has 0 fully saturated rings. The highest BCUT2D eigenvalue weighted by Gasteiger charge is 2.13. The molecule has 0 bridgehead atoms. The lowest BCUT2D eigenvalue weighted by atomic mass is 10.1. The van der Waals surface area contributed by atoms with Crippen molar-refractivity contribution in [2.24, 2.45) is 7.05 Å². The van der Waals surface area contributed by atoms with Gasteiger partial charge >= 0.3 is 12.0 Å². The van der Waals surface area contributed by atoms with Crippen molar-refractivity contribution in [3.63, 3.8) is 0 Å². The minimum atomic E-state index is -0.935. The molecule has 0 aliphatic heterocycles. The van der Waals surface area contributed by atoms with E-state index >= 15 is 0 Å². The van der Waals surface area contributed by atoms with Crippen molar-refractivity contribution in [3.8, 4) is 11.3 Å². The van der Waals surface area contributed by atoms with Gasteiger partial charge in [0.15, 0.2) is 0 Å². The number of nitrogens with zero attached hydrogens (tertiary/aromatic N) is 2. The van der Waals surface area contributed by atoms with E-state index in [9.17, 15) is 18.4 Å². The van der Waals surface area contributed by atoms with Gasteiger partial charge in [-0.15, -0.1) is 0 Å². The molecule has 0 spiro atoms. The number of carbonyl (C=O) groups excluding carboxylic acids is 1. The van der Waals surface area contributed by atoms with Crippen LogP contribution in [0.3, 0.4) is 0 Å². The normalized spacial score (nSPS) is 10.5. The number of amides is 2. The van der Waals surface area contributed by atoms with Crippen LogP contribution in [0.2, 0.25) is 0 Å². The minimum absolute atomic E-state index is 0.0417. The molecule has 0 atom stereocenters. The lowest BCUT2D eigenvalue weighted by Crippen LogP contribution is -2.30. The number of hydrogen-bond donors (Lipinski definition) is 3. The standard InChI is InChI=1S/C15H16F2N4O3/c1-21-13(19-15(24)18-6-2-3-14(22)23)8-12(20-21)10-5-4-9(16)7-11(10)17/h4-5,7-8H,2-3,6H2,1H3,(H,22,23)(H2,18,19,24). The van der Waals surface area contributed by atoms with E-state index in [1.165, 1.54) is 16.8 Å². The van der Waals surface area contributed by atoms with Crippen molar-refractivity contribution in [3.05, 3.63) is 35.9 Å². The van der Waals surface area contributed by atoms with Crippen LogP contribution in [-0.4, -0.2) is 33.4 Å². The fraction of sp³-hybridized carbons (Fsp3) is 0.267. The third-order valence-electron chi connectivity index (χ3n) is 3.18. The van der Waals surface area contributed by atoms with Gasteiger partial charge in [0.2, 0.25) is 0 Å². The number of nitrogens with one attached hydrogen (secondary N) is 2. The first-order chi connectivity index (χ1) is 11.4. The Labute approximate surface area is 136 Å². The van der Waals surface area contributed by atoms with Gasteiger partial charge in [0.1, 0.15) is 17.5 Å². The molecule has 0 radical (unpaired) electrons. The first-order valence-electron chi connectivity index (χ1n) is 7.13. The summed E-state index contributed by atoms with van der Waals surface area (Å²) in [6, 6.07) is 4.06. The number of anilines is 1. The van der Waals surface area contributed by atoms with Crippen LogP contribution >= 0.6 is 0 Å². The molecule has 3 N–H and O–H groups in total. The number of urea groups is 1. The Bertz CT molecular complexity index is 761. The second kappa shape index (κ2) is 7.53. The van der Waals surface area contributed by atoms with Crippen molar-refractivity contribution < 1.29 is 23.5 Å². The zero-order valence-electron chi connectivity index (χ0n) is 12.8. The molecule has 0 unspecified atom stereocenters.